The van der Waals surface area contributed by atoms with Crippen LogP contribution in [-0.4, -0.2) is 47.8 Å². The third kappa shape index (κ3) is 5.80. The molecule has 0 bridgehead atoms. The average molecular weight is 270 g/mol. The summed E-state index contributed by atoms with van der Waals surface area (Å²) >= 11 is 0. The first-order valence-electron chi connectivity index (χ1n) is 7.88. The van der Waals surface area contributed by atoms with E-state index in [1.807, 2.05) is 6.92 Å². The zero-order chi connectivity index (χ0) is 14.6. The summed E-state index contributed by atoms with van der Waals surface area (Å²) < 4.78 is 0. The Morgan fingerprint density at radius 3 is 2.37 bits per heavy atom. The molecule has 0 aromatic carbocycles. The molecule has 2 N–H and O–H groups in total. The molecule has 0 aromatic heterocycles. The van der Waals surface area contributed by atoms with E-state index >= 15 is 0 Å². The van der Waals surface area contributed by atoms with E-state index in [0.29, 0.717) is 23.4 Å². The van der Waals surface area contributed by atoms with Crippen molar-refractivity contribution < 1.29 is 5.11 Å². The van der Waals surface area contributed by atoms with Crippen LogP contribution in [0.25, 0.3) is 0 Å². The van der Waals surface area contributed by atoms with Crippen LogP contribution in [0.1, 0.15) is 54.4 Å². The molecule has 1 aliphatic heterocycles. The lowest BCUT2D eigenvalue weighted by Gasteiger charge is -2.42. The standard InChI is InChI=1S/C16H34N2O/c1-7-12(2)18-9-14(13(3)19)8-15(10-18)17-11-16(4,5)6/h12-15,17,19H,7-11H2,1-6H3. The van der Waals surface area contributed by atoms with E-state index in [2.05, 4.69) is 44.8 Å². The van der Waals surface area contributed by atoms with E-state index in [4.69, 9.17) is 0 Å². The zero-order valence-electron chi connectivity index (χ0n) is 13.7. The number of rotatable bonds is 5. The monoisotopic (exact) mass is 270 g/mol. The average Bonchev–Trinajstić information content (AvgIpc) is 2.34. The summed E-state index contributed by atoms with van der Waals surface area (Å²) in [6.45, 7) is 16.5. The molecule has 0 radical (unpaired) electrons. The molecular formula is C16H34N2O. The summed E-state index contributed by atoms with van der Waals surface area (Å²) in [7, 11) is 0. The second kappa shape index (κ2) is 7.05. The van der Waals surface area contributed by atoms with Crippen LogP contribution in [0, 0.1) is 11.3 Å². The van der Waals surface area contributed by atoms with Gasteiger partial charge in [0.1, 0.15) is 0 Å². The van der Waals surface area contributed by atoms with Gasteiger partial charge in [0.15, 0.2) is 0 Å². The van der Waals surface area contributed by atoms with Crippen molar-refractivity contribution in [1.82, 2.24) is 10.2 Å². The van der Waals surface area contributed by atoms with Gasteiger partial charge in [-0.25, -0.2) is 0 Å². The van der Waals surface area contributed by atoms with E-state index in [9.17, 15) is 5.11 Å². The van der Waals surface area contributed by atoms with Gasteiger partial charge in [0.05, 0.1) is 6.10 Å². The lowest BCUT2D eigenvalue weighted by Crippen LogP contribution is -2.54. The highest BCUT2D eigenvalue weighted by molar-refractivity contribution is 4.88. The van der Waals surface area contributed by atoms with E-state index in [1.165, 1.54) is 6.42 Å². The molecule has 1 rings (SSSR count). The highest BCUT2D eigenvalue weighted by Gasteiger charge is 2.31. The fourth-order valence-electron chi connectivity index (χ4n) is 2.74. The molecule has 1 fully saturated rings. The van der Waals surface area contributed by atoms with Gasteiger partial charge in [-0.2, -0.15) is 0 Å². The number of nitrogens with one attached hydrogen (secondary N) is 1. The topological polar surface area (TPSA) is 35.5 Å². The molecular weight excluding hydrogens is 236 g/mol. The van der Waals surface area contributed by atoms with Crippen molar-refractivity contribution in [3.8, 4) is 0 Å². The van der Waals surface area contributed by atoms with E-state index in [1.54, 1.807) is 0 Å². The van der Waals surface area contributed by atoms with Crippen LogP contribution < -0.4 is 5.32 Å². The smallest absolute Gasteiger partial charge is 0.0553 e. The Morgan fingerprint density at radius 2 is 1.89 bits per heavy atom. The van der Waals surface area contributed by atoms with Gasteiger partial charge < -0.3 is 10.4 Å². The number of aliphatic hydroxyl groups excluding tert-OH is 1. The Morgan fingerprint density at radius 1 is 1.26 bits per heavy atom. The number of piperidine rings is 1. The molecule has 0 spiro atoms. The molecule has 0 amide bonds. The van der Waals surface area contributed by atoms with Gasteiger partial charge in [-0.15, -0.1) is 0 Å². The summed E-state index contributed by atoms with van der Waals surface area (Å²) in [6, 6.07) is 1.13. The molecule has 1 heterocycles. The summed E-state index contributed by atoms with van der Waals surface area (Å²) in [5, 5.41) is 13.6. The Kier molecular flexibility index (Phi) is 6.28. The van der Waals surface area contributed by atoms with Crippen molar-refractivity contribution in [3.63, 3.8) is 0 Å². The van der Waals surface area contributed by atoms with Gasteiger partial charge in [0, 0.05) is 31.7 Å². The summed E-state index contributed by atoms with van der Waals surface area (Å²) in [4.78, 5) is 2.54. The summed E-state index contributed by atoms with van der Waals surface area (Å²) in [5.41, 5.74) is 0.318. The molecule has 114 valence electrons. The number of aliphatic hydroxyl groups is 1. The third-order valence-corrected chi connectivity index (χ3v) is 4.33. The normalized spacial score (nSPS) is 29.2. The summed E-state index contributed by atoms with van der Waals surface area (Å²) in [6.07, 6.45) is 2.07. The minimum Gasteiger partial charge on any atom is -0.393 e. The van der Waals surface area contributed by atoms with Crippen molar-refractivity contribution in [1.29, 1.82) is 0 Å². The predicted octanol–water partition coefficient (Wildman–Crippen LogP) is 2.49. The lowest BCUT2D eigenvalue weighted by atomic mass is 9.88. The Balaban J connectivity index is 2.60. The van der Waals surface area contributed by atoms with E-state index < -0.39 is 0 Å². The first-order valence-corrected chi connectivity index (χ1v) is 7.88. The maximum Gasteiger partial charge on any atom is 0.0553 e. The lowest BCUT2D eigenvalue weighted by molar-refractivity contribution is 0.0301. The van der Waals surface area contributed by atoms with Crippen LogP contribution in [0.4, 0.5) is 0 Å². The minimum atomic E-state index is -0.203. The quantitative estimate of drug-likeness (QED) is 0.806. The number of hydrogen-bond acceptors (Lipinski definition) is 3. The Hall–Kier alpha value is -0.120. The number of hydrogen-bond donors (Lipinski definition) is 2. The molecule has 1 aliphatic rings. The van der Waals surface area contributed by atoms with Crippen LogP contribution in [-0.2, 0) is 0 Å². The maximum absolute atomic E-state index is 9.94. The largest absolute Gasteiger partial charge is 0.393 e. The molecule has 4 unspecified atom stereocenters. The molecule has 19 heavy (non-hydrogen) atoms. The Bertz CT molecular complexity index is 260. The van der Waals surface area contributed by atoms with E-state index in [0.717, 1.165) is 26.1 Å². The van der Waals surface area contributed by atoms with Crippen LogP contribution in [0.3, 0.4) is 0 Å². The maximum atomic E-state index is 9.94. The van der Waals surface area contributed by atoms with Crippen molar-refractivity contribution in [2.75, 3.05) is 19.6 Å². The number of likely N-dealkylation sites (tertiary alicyclic amines) is 1. The summed E-state index contributed by atoms with van der Waals surface area (Å²) in [5.74, 6) is 0.403. The van der Waals surface area contributed by atoms with E-state index in [-0.39, 0.29) is 6.10 Å². The molecule has 4 atom stereocenters. The van der Waals surface area contributed by atoms with Gasteiger partial charge in [0.25, 0.3) is 0 Å². The van der Waals surface area contributed by atoms with Gasteiger partial charge in [-0.3, -0.25) is 4.90 Å². The van der Waals surface area contributed by atoms with Crippen molar-refractivity contribution >= 4 is 0 Å². The molecule has 0 saturated carbocycles. The van der Waals surface area contributed by atoms with Crippen LogP contribution in [0.5, 0.6) is 0 Å². The van der Waals surface area contributed by atoms with Crippen LogP contribution in [0.2, 0.25) is 0 Å². The van der Waals surface area contributed by atoms with Crippen LogP contribution in [0.15, 0.2) is 0 Å². The predicted molar refractivity (Wildman–Crippen MR) is 82.4 cm³/mol. The fourth-order valence-corrected chi connectivity index (χ4v) is 2.74. The first kappa shape index (κ1) is 16.9. The molecule has 0 aromatic rings. The van der Waals surface area contributed by atoms with Crippen molar-refractivity contribution in [3.05, 3.63) is 0 Å². The van der Waals surface area contributed by atoms with Gasteiger partial charge in [-0.1, -0.05) is 27.7 Å². The van der Waals surface area contributed by atoms with Gasteiger partial charge >= 0.3 is 0 Å². The molecule has 1 saturated heterocycles. The van der Waals surface area contributed by atoms with Crippen molar-refractivity contribution in [2.24, 2.45) is 11.3 Å². The fraction of sp³-hybridized carbons (Fsp3) is 1.00. The zero-order valence-corrected chi connectivity index (χ0v) is 13.7. The minimum absolute atomic E-state index is 0.203. The number of nitrogens with zero attached hydrogens (tertiary/aromatic N) is 1. The van der Waals surface area contributed by atoms with Crippen molar-refractivity contribution in [2.45, 2.75) is 72.6 Å². The molecule has 3 heteroatoms. The molecule has 0 aliphatic carbocycles. The Labute approximate surface area is 119 Å². The first-order chi connectivity index (χ1) is 8.73. The van der Waals surface area contributed by atoms with Crippen LogP contribution >= 0.6 is 0 Å². The van der Waals surface area contributed by atoms with Gasteiger partial charge in [0.2, 0.25) is 0 Å². The molecule has 3 nitrogen and oxygen atoms in total. The highest BCUT2D eigenvalue weighted by Crippen LogP contribution is 2.23. The highest BCUT2D eigenvalue weighted by atomic mass is 16.3. The second-order valence-electron chi connectivity index (χ2n) is 7.59. The SMILES string of the molecule is CCC(C)N1CC(NCC(C)(C)C)CC(C(C)O)C1. The van der Waals surface area contributed by atoms with Gasteiger partial charge in [-0.05, 0) is 38.0 Å². The third-order valence-electron chi connectivity index (χ3n) is 4.33. The second-order valence-corrected chi connectivity index (χ2v) is 7.59.